The maximum atomic E-state index is 11.0. The van der Waals surface area contributed by atoms with Crippen molar-refractivity contribution in [3.05, 3.63) is 82.9 Å². The van der Waals surface area contributed by atoms with E-state index >= 15 is 0 Å². The van der Waals surface area contributed by atoms with Crippen LogP contribution in [0, 0.1) is 10.1 Å². The average Bonchev–Trinajstić information content (AvgIpc) is 2.70. The highest BCUT2D eigenvalue weighted by molar-refractivity contribution is 7.80. The van der Waals surface area contributed by atoms with Crippen LogP contribution in [0.25, 0.3) is 0 Å². The van der Waals surface area contributed by atoms with Gasteiger partial charge in [-0.15, -0.1) is 0 Å². The summed E-state index contributed by atoms with van der Waals surface area (Å²) in [6.45, 7) is 0. The zero-order valence-electron chi connectivity index (χ0n) is 14.9. The number of nitrogens with zero attached hydrogens (tertiary/aromatic N) is 1. The minimum Gasteiger partial charge on any atom is -0.495 e. The van der Waals surface area contributed by atoms with Crippen LogP contribution in [0.1, 0.15) is 0 Å². The van der Waals surface area contributed by atoms with E-state index in [4.69, 9.17) is 21.7 Å². The van der Waals surface area contributed by atoms with Crippen LogP contribution >= 0.6 is 12.2 Å². The Labute approximate surface area is 167 Å². The number of rotatable bonds is 6. The molecule has 0 aromatic heterocycles. The highest BCUT2D eigenvalue weighted by Crippen LogP contribution is 2.29. The number of nitrogens with one attached hydrogen (secondary N) is 2. The Morgan fingerprint density at radius 3 is 2.29 bits per heavy atom. The minimum atomic E-state index is -0.480. The summed E-state index contributed by atoms with van der Waals surface area (Å²) in [5, 5.41) is 17.2. The lowest BCUT2D eigenvalue weighted by Crippen LogP contribution is -2.19. The number of thiocarbonyl (C=S) groups is 1. The largest absolute Gasteiger partial charge is 0.495 e. The lowest BCUT2D eigenvalue weighted by Gasteiger charge is -2.13. The monoisotopic (exact) mass is 395 g/mol. The number of benzene rings is 3. The van der Waals surface area contributed by atoms with Gasteiger partial charge in [-0.2, -0.15) is 0 Å². The van der Waals surface area contributed by atoms with Crippen molar-refractivity contribution in [1.82, 2.24) is 0 Å². The van der Waals surface area contributed by atoms with Crippen LogP contribution in [-0.4, -0.2) is 17.1 Å². The molecule has 3 aromatic carbocycles. The fraction of sp³-hybridized carbons (Fsp3) is 0.0500. The summed E-state index contributed by atoms with van der Waals surface area (Å²) in [7, 11) is 1.48. The number of non-ortho nitro benzene ring substituents is 1. The van der Waals surface area contributed by atoms with Crippen molar-refractivity contribution >= 4 is 34.4 Å². The van der Waals surface area contributed by atoms with E-state index in [9.17, 15) is 10.1 Å². The Kier molecular flexibility index (Phi) is 6.03. The Morgan fingerprint density at radius 1 is 0.964 bits per heavy atom. The van der Waals surface area contributed by atoms with Crippen molar-refractivity contribution in [3.8, 4) is 17.2 Å². The first-order chi connectivity index (χ1) is 13.5. The summed E-state index contributed by atoms with van der Waals surface area (Å²) >= 11 is 5.29. The van der Waals surface area contributed by atoms with E-state index in [0.717, 1.165) is 11.4 Å². The molecule has 0 heterocycles. The Hall–Kier alpha value is -3.65. The van der Waals surface area contributed by atoms with Crippen molar-refractivity contribution in [3.63, 3.8) is 0 Å². The zero-order valence-corrected chi connectivity index (χ0v) is 15.7. The number of hydrogen-bond acceptors (Lipinski definition) is 5. The highest BCUT2D eigenvalue weighted by Gasteiger charge is 2.12. The first-order valence-corrected chi connectivity index (χ1v) is 8.69. The van der Waals surface area contributed by atoms with Gasteiger partial charge in [-0.3, -0.25) is 10.1 Å². The molecule has 0 spiro atoms. The van der Waals surface area contributed by atoms with E-state index in [-0.39, 0.29) is 10.8 Å². The number of anilines is 2. The van der Waals surface area contributed by atoms with Crippen LogP contribution in [0.3, 0.4) is 0 Å². The van der Waals surface area contributed by atoms with Gasteiger partial charge >= 0.3 is 0 Å². The second-order valence-electron chi connectivity index (χ2n) is 5.66. The third-order valence-corrected chi connectivity index (χ3v) is 3.94. The molecule has 28 heavy (non-hydrogen) atoms. The quantitative estimate of drug-likeness (QED) is 0.337. The van der Waals surface area contributed by atoms with Gasteiger partial charge in [0.15, 0.2) is 5.11 Å². The van der Waals surface area contributed by atoms with Crippen molar-refractivity contribution in [2.45, 2.75) is 0 Å². The van der Waals surface area contributed by atoms with E-state index < -0.39 is 4.92 Å². The number of nitro groups is 1. The summed E-state index contributed by atoms with van der Waals surface area (Å²) in [5.74, 6) is 1.88. The predicted octanol–water partition coefficient (Wildman–Crippen LogP) is 5.20. The molecule has 3 aromatic rings. The summed E-state index contributed by atoms with van der Waals surface area (Å²) in [4.78, 5) is 10.5. The Balaban J connectivity index is 1.65. The molecular weight excluding hydrogens is 378 g/mol. The molecule has 0 radical (unpaired) electrons. The minimum absolute atomic E-state index is 0.0616. The molecule has 0 saturated heterocycles. The second-order valence-corrected chi connectivity index (χ2v) is 6.07. The molecule has 0 saturated carbocycles. The van der Waals surface area contributed by atoms with Crippen LogP contribution < -0.4 is 20.1 Å². The first-order valence-electron chi connectivity index (χ1n) is 8.28. The molecule has 0 atom stereocenters. The molecule has 7 nitrogen and oxygen atoms in total. The van der Waals surface area contributed by atoms with Gasteiger partial charge in [0.25, 0.3) is 5.69 Å². The Bertz CT molecular complexity index is 979. The van der Waals surface area contributed by atoms with Gasteiger partial charge in [0.1, 0.15) is 17.2 Å². The van der Waals surface area contributed by atoms with Gasteiger partial charge in [0.2, 0.25) is 0 Å². The Morgan fingerprint density at radius 2 is 1.64 bits per heavy atom. The SMILES string of the molecule is COc1ccc([N+](=O)[O-])cc1NC(=S)Nc1ccc(Oc2ccccc2)cc1. The molecule has 0 fully saturated rings. The number of hydrogen-bond donors (Lipinski definition) is 2. The molecule has 142 valence electrons. The van der Waals surface area contributed by atoms with Crippen molar-refractivity contribution < 1.29 is 14.4 Å². The smallest absolute Gasteiger partial charge is 0.271 e. The second kappa shape index (κ2) is 8.83. The van der Waals surface area contributed by atoms with Crippen LogP contribution in [-0.2, 0) is 0 Å². The molecule has 0 amide bonds. The van der Waals surface area contributed by atoms with E-state index in [2.05, 4.69) is 10.6 Å². The molecule has 3 rings (SSSR count). The normalized spacial score (nSPS) is 10.0. The predicted molar refractivity (Wildman–Crippen MR) is 112 cm³/mol. The van der Waals surface area contributed by atoms with Crippen LogP contribution in [0.5, 0.6) is 17.2 Å². The van der Waals surface area contributed by atoms with E-state index in [1.807, 2.05) is 54.6 Å². The van der Waals surface area contributed by atoms with Crippen molar-refractivity contribution in [2.24, 2.45) is 0 Å². The zero-order chi connectivity index (χ0) is 19.9. The fourth-order valence-corrected chi connectivity index (χ4v) is 2.65. The topological polar surface area (TPSA) is 85.7 Å². The molecule has 0 aliphatic carbocycles. The summed E-state index contributed by atoms with van der Waals surface area (Å²) in [6, 6.07) is 21.0. The molecule has 0 bridgehead atoms. The van der Waals surface area contributed by atoms with Gasteiger partial charge in [0.05, 0.1) is 17.7 Å². The number of nitro benzene ring substituents is 1. The number of para-hydroxylation sites is 1. The molecule has 8 heteroatoms. The molecular formula is C20H17N3O4S. The lowest BCUT2D eigenvalue weighted by molar-refractivity contribution is -0.384. The van der Waals surface area contributed by atoms with Gasteiger partial charge in [-0.05, 0) is 54.7 Å². The third kappa shape index (κ3) is 4.95. The standard InChI is InChI=1S/C20H17N3O4S/c1-26-19-12-9-15(23(24)25)13-18(19)22-20(28)21-14-7-10-17(11-8-14)27-16-5-3-2-4-6-16/h2-13H,1H3,(H2,21,22,28). The molecule has 2 N–H and O–H groups in total. The highest BCUT2D eigenvalue weighted by atomic mass is 32.1. The van der Waals surface area contributed by atoms with Crippen LogP contribution in [0.15, 0.2) is 72.8 Å². The number of ether oxygens (including phenoxy) is 2. The average molecular weight is 395 g/mol. The van der Waals surface area contributed by atoms with Gasteiger partial charge < -0.3 is 20.1 Å². The summed E-state index contributed by atoms with van der Waals surface area (Å²) in [6.07, 6.45) is 0. The van der Waals surface area contributed by atoms with Crippen molar-refractivity contribution in [1.29, 1.82) is 0 Å². The van der Waals surface area contributed by atoms with E-state index in [1.54, 1.807) is 0 Å². The fourth-order valence-electron chi connectivity index (χ4n) is 2.42. The first kappa shape index (κ1) is 19.1. The molecule has 0 aliphatic heterocycles. The maximum absolute atomic E-state index is 11.0. The number of methoxy groups -OCH3 is 1. The molecule has 0 unspecified atom stereocenters. The summed E-state index contributed by atoms with van der Waals surface area (Å²) in [5.41, 5.74) is 1.08. The van der Waals surface area contributed by atoms with E-state index in [1.165, 1.54) is 25.3 Å². The van der Waals surface area contributed by atoms with Gasteiger partial charge in [-0.1, -0.05) is 18.2 Å². The lowest BCUT2D eigenvalue weighted by atomic mass is 10.2. The van der Waals surface area contributed by atoms with E-state index in [0.29, 0.717) is 17.2 Å². The van der Waals surface area contributed by atoms with Gasteiger partial charge in [0, 0.05) is 17.8 Å². The van der Waals surface area contributed by atoms with Crippen LogP contribution in [0.4, 0.5) is 17.1 Å². The third-order valence-electron chi connectivity index (χ3n) is 3.73. The van der Waals surface area contributed by atoms with Gasteiger partial charge in [-0.25, -0.2) is 0 Å². The molecule has 0 aliphatic rings. The van der Waals surface area contributed by atoms with Crippen LogP contribution in [0.2, 0.25) is 0 Å². The van der Waals surface area contributed by atoms with Crippen molar-refractivity contribution in [2.75, 3.05) is 17.7 Å². The summed E-state index contributed by atoms with van der Waals surface area (Å²) < 4.78 is 11.0. The maximum Gasteiger partial charge on any atom is 0.271 e.